The van der Waals surface area contributed by atoms with Crippen molar-refractivity contribution in [3.8, 4) is 11.5 Å². The Labute approximate surface area is 140 Å². The van der Waals surface area contributed by atoms with Gasteiger partial charge in [0.1, 0.15) is 0 Å². The van der Waals surface area contributed by atoms with Crippen molar-refractivity contribution in [3.63, 3.8) is 0 Å². The van der Waals surface area contributed by atoms with Crippen LogP contribution in [-0.2, 0) is 11.3 Å². The van der Waals surface area contributed by atoms with Crippen molar-refractivity contribution in [1.82, 2.24) is 5.32 Å². The molecule has 0 unspecified atom stereocenters. The highest BCUT2D eigenvalue weighted by atomic mass is 19.3. The molecule has 134 valence electrons. The zero-order valence-electron chi connectivity index (χ0n) is 13.8. The molecule has 0 heterocycles. The van der Waals surface area contributed by atoms with E-state index in [0.717, 1.165) is 19.3 Å². The number of para-hydroxylation sites is 1. The minimum Gasteiger partial charge on any atom is -0.490 e. The SMILES string of the molecule is CCOc1cccc(CNC(=O)C[C@@H]2CCC[C@H]2N)c1OC(F)F. The fourth-order valence-corrected chi connectivity index (χ4v) is 3.02. The highest BCUT2D eigenvalue weighted by Gasteiger charge is 2.26. The highest BCUT2D eigenvalue weighted by molar-refractivity contribution is 5.76. The van der Waals surface area contributed by atoms with Crippen molar-refractivity contribution in [2.24, 2.45) is 11.7 Å². The molecule has 5 nitrogen and oxygen atoms in total. The van der Waals surface area contributed by atoms with Crippen LogP contribution < -0.4 is 20.5 Å². The van der Waals surface area contributed by atoms with Gasteiger partial charge in [0.2, 0.25) is 5.91 Å². The summed E-state index contributed by atoms with van der Waals surface area (Å²) in [6.45, 7) is -0.776. The minimum absolute atomic E-state index is 0.0350. The van der Waals surface area contributed by atoms with Crippen LogP contribution in [0.1, 0.15) is 38.2 Å². The predicted molar refractivity (Wildman–Crippen MR) is 86.0 cm³/mol. The largest absolute Gasteiger partial charge is 0.490 e. The molecular formula is C17H24F2N2O3. The van der Waals surface area contributed by atoms with Crippen molar-refractivity contribution >= 4 is 5.91 Å². The number of alkyl halides is 2. The van der Waals surface area contributed by atoms with E-state index in [0.29, 0.717) is 18.6 Å². The maximum Gasteiger partial charge on any atom is 0.387 e. The van der Waals surface area contributed by atoms with E-state index in [-0.39, 0.29) is 35.9 Å². The number of rotatable bonds is 8. The lowest BCUT2D eigenvalue weighted by atomic mass is 10.00. The third-order valence-corrected chi connectivity index (χ3v) is 4.21. The molecule has 1 aliphatic carbocycles. The second-order valence-corrected chi connectivity index (χ2v) is 5.89. The third kappa shape index (κ3) is 5.06. The number of benzene rings is 1. The number of carbonyl (C=O) groups is 1. The Morgan fingerprint density at radius 2 is 2.21 bits per heavy atom. The summed E-state index contributed by atoms with van der Waals surface area (Å²) < 4.78 is 35.2. The molecule has 3 N–H and O–H groups in total. The molecule has 0 saturated heterocycles. The summed E-state index contributed by atoms with van der Waals surface area (Å²) in [6.07, 6.45) is 3.30. The number of carbonyl (C=O) groups excluding carboxylic acids is 1. The van der Waals surface area contributed by atoms with Crippen molar-refractivity contribution in [3.05, 3.63) is 23.8 Å². The molecule has 1 aromatic rings. The van der Waals surface area contributed by atoms with E-state index in [1.54, 1.807) is 25.1 Å². The first-order valence-electron chi connectivity index (χ1n) is 8.23. The van der Waals surface area contributed by atoms with Gasteiger partial charge in [-0.05, 0) is 31.7 Å². The summed E-state index contributed by atoms with van der Waals surface area (Å²) >= 11 is 0. The van der Waals surface area contributed by atoms with Crippen molar-refractivity contribution < 1.29 is 23.0 Å². The van der Waals surface area contributed by atoms with Gasteiger partial charge in [0.05, 0.1) is 6.61 Å². The number of ether oxygens (including phenoxy) is 2. The summed E-state index contributed by atoms with van der Waals surface area (Å²) in [7, 11) is 0. The summed E-state index contributed by atoms with van der Waals surface area (Å²) in [5.74, 6) is 0.258. The fraction of sp³-hybridized carbons (Fsp3) is 0.588. The zero-order chi connectivity index (χ0) is 17.5. The first-order chi connectivity index (χ1) is 11.5. The highest BCUT2D eigenvalue weighted by Crippen LogP contribution is 2.33. The molecule has 24 heavy (non-hydrogen) atoms. The first-order valence-corrected chi connectivity index (χ1v) is 8.23. The molecular weight excluding hydrogens is 318 g/mol. The van der Waals surface area contributed by atoms with Gasteiger partial charge in [-0.3, -0.25) is 4.79 Å². The average molecular weight is 342 g/mol. The summed E-state index contributed by atoms with van der Waals surface area (Å²) in [6, 6.07) is 4.93. The Balaban J connectivity index is 2.00. The number of hydrogen-bond acceptors (Lipinski definition) is 4. The number of amides is 1. The van der Waals surface area contributed by atoms with E-state index in [1.807, 2.05) is 0 Å². The maximum absolute atomic E-state index is 12.7. The van der Waals surface area contributed by atoms with Crippen LogP contribution in [0.5, 0.6) is 11.5 Å². The minimum atomic E-state index is -2.96. The van der Waals surface area contributed by atoms with Gasteiger partial charge < -0.3 is 20.5 Å². The molecule has 1 fully saturated rings. The summed E-state index contributed by atoms with van der Waals surface area (Å²) in [4.78, 5) is 12.1. The van der Waals surface area contributed by atoms with Crippen LogP contribution in [-0.4, -0.2) is 25.2 Å². The van der Waals surface area contributed by atoms with Crippen LogP contribution in [0.25, 0.3) is 0 Å². The van der Waals surface area contributed by atoms with E-state index in [2.05, 4.69) is 10.1 Å². The Kier molecular flexibility index (Phi) is 6.78. The number of nitrogens with two attached hydrogens (primary N) is 1. The van der Waals surface area contributed by atoms with Gasteiger partial charge in [0, 0.05) is 24.6 Å². The van der Waals surface area contributed by atoms with Gasteiger partial charge >= 0.3 is 6.61 Å². The Bertz CT molecular complexity index is 555. The summed E-state index contributed by atoms with van der Waals surface area (Å²) in [5, 5.41) is 2.75. The third-order valence-electron chi connectivity index (χ3n) is 4.21. The van der Waals surface area contributed by atoms with E-state index in [1.165, 1.54) is 0 Å². The van der Waals surface area contributed by atoms with Crippen molar-refractivity contribution in [2.75, 3.05) is 6.61 Å². The van der Waals surface area contributed by atoms with Gasteiger partial charge in [-0.15, -0.1) is 0 Å². The van der Waals surface area contributed by atoms with Gasteiger partial charge in [0.15, 0.2) is 11.5 Å². The second kappa shape index (κ2) is 8.82. The van der Waals surface area contributed by atoms with Gasteiger partial charge in [-0.25, -0.2) is 0 Å². The van der Waals surface area contributed by atoms with Crippen LogP contribution in [0.2, 0.25) is 0 Å². The molecule has 0 bridgehead atoms. The molecule has 0 aliphatic heterocycles. The Morgan fingerprint density at radius 1 is 1.42 bits per heavy atom. The van der Waals surface area contributed by atoms with E-state index >= 15 is 0 Å². The summed E-state index contributed by atoms with van der Waals surface area (Å²) in [5.41, 5.74) is 6.42. The average Bonchev–Trinajstić information content (AvgIpc) is 2.92. The molecule has 2 atom stereocenters. The number of nitrogens with one attached hydrogen (secondary N) is 1. The lowest BCUT2D eigenvalue weighted by Crippen LogP contribution is -2.31. The topological polar surface area (TPSA) is 73.6 Å². The molecule has 1 aromatic carbocycles. The normalized spacial score (nSPS) is 20.2. The van der Waals surface area contributed by atoms with E-state index in [4.69, 9.17) is 10.5 Å². The molecule has 0 spiro atoms. The van der Waals surface area contributed by atoms with Crippen LogP contribution >= 0.6 is 0 Å². The second-order valence-electron chi connectivity index (χ2n) is 5.89. The number of hydrogen-bond donors (Lipinski definition) is 2. The lowest BCUT2D eigenvalue weighted by Gasteiger charge is -2.17. The Morgan fingerprint density at radius 3 is 2.83 bits per heavy atom. The molecule has 2 rings (SSSR count). The monoisotopic (exact) mass is 342 g/mol. The standard InChI is InChI=1S/C17H24F2N2O3/c1-2-23-14-8-4-6-12(16(14)24-17(18)19)10-21-15(22)9-11-5-3-7-13(11)20/h4,6,8,11,13,17H,2-3,5,7,9-10,20H2,1H3,(H,21,22)/t11-,13+/m0/s1. The molecule has 1 amide bonds. The number of halogens is 2. The van der Waals surface area contributed by atoms with E-state index in [9.17, 15) is 13.6 Å². The predicted octanol–water partition coefficient (Wildman–Crippen LogP) is 2.82. The lowest BCUT2D eigenvalue weighted by molar-refractivity contribution is -0.122. The molecule has 0 aromatic heterocycles. The quantitative estimate of drug-likeness (QED) is 0.762. The van der Waals surface area contributed by atoms with Gasteiger partial charge in [-0.2, -0.15) is 8.78 Å². The van der Waals surface area contributed by atoms with E-state index < -0.39 is 6.61 Å². The van der Waals surface area contributed by atoms with Crippen molar-refractivity contribution in [1.29, 1.82) is 0 Å². The maximum atomic E-state index is 12.7. The van der Waals surface area contributed by atoms with Gasteiger partial charge in [0.25, 0.3) is 0 Å². The Hall–Kier alpha value is -1.89. The van der Waals surface area contributed by atoms with Crippen LogP contribution in [0.3, 0.4) is 0 Å². The van der Waals surface area contributed by atoms with Crippen LogP contribution in [0, 0.1) is 5.92 Å². The van der Waals surface area contributed by atoms with Crippen LogP contribution in [0.15, 0.2) is 18.2 Å². The molecule has 1 aliphatic rings. The van der Waals surface area contributed by atoms with Crippen molar-refractivity contribution in [2.45, 2.75) is 51.8 Å². The smallest absolute Gasteiger partial charge is 0.387 e. The zero-order valence-corrected chi connectivity index (χ0v) is 13.8. The first kappa shape index (κ1) is 18.4. The van der Waals surface area contributed by atoms with Crippen LogP contribution in [0.4, 0.5) is 8.78 Å². The molecule has 7 heteroatoms. The van der Waals surface area contributed by atoms with Gasteiger partial charge in [-0.1, -0.05) is 18.6 Å². The fourth-order valence-electron chi connectivity index (χ4n) is 3.02. The molecule has 1 saturated carbocycles. The molecule has 0 radical (unpaired) electrons.